The van der Waals surface area contributed by atoms with Crippen molar-refractivity contribution in [2.24, 2.45) is 0 Å². The zero-order valence-electron chi connectivity index (χ0n) is 15.2. The molecule has 0 unspecified atom stereocenters. The number of anilines is 2. The first-order valence-corrected chi connectivity index (χ1v) is 9.25. The van der Waals surface area contributed by atoms with Gasteiger partial charge in [-0.3, -0.25) is 4.90 Å². The zero-order chi connectivity index (χ0) is 18.6. The molecule has 3 heterocycles. The summed E-state index contributed by atoms with van der Waals surface area (Å²) in [6.07, 6.45) is 1.61. The molecule has 2 fully saturated rings. The number of halogens is 2. The van der Waals surface area contributed by atoms with Crippen molar-refractivity contribution in [3.8, 4) is 0 Å². The maximum absolute atomic E-state index is 13.9. The number of benzene rings is 1. The molecule has 144 valence electrons. The fourth-order valence-corrected chi connectivity index (χ4v) is 3.50. The minimum absolute atomic E-state index is 0.483. The molecule has 0 amide bonds. The van der Waals surface area contributed by atoms with Crippen molar-refractivity contribution >= 4 is 11.6 Å². The fraction of sp³-hybridized carbons (Fsp3) is 0.474. The van der Waals surface area contributed by atoms with Gasteiger partial charge in [0.15, 0.2) is 0 Å². The zero-order valence-corrected chi connectivity index (χ0v) is 15.2. The van der Waals surface area contributed by atoms with Crippen LogP contribution in [-0.4, -0.2) is 67.4 Å². The molecular formula is C19H23F2N5O. The second-order valence-corrected chi connectivity index (χ2v) is 6.83. The number of piperazine rings is 1. The lowest BCUT2D eigenvalue weighted by atomic mass is 10.2. The van der Waals surface area contributed by atoms with Crippen molar-refractivity contribution in [1.82, 2.24) is 14.9 Å². The summed E-state index contributed by atoms with van der Waals surface area (Å²) >= 11 is 0. The molecule has 2 aromatic rings. The van der Waals surface area contributed by atoms with Crippen LogP contribution in [0.2, 0.25) is 0 Å². The Morgan fingerprint density at radius 2 is 1.52 bits per heavy atom. The van der Waals surface area contributed by atoms with Gasteiger partial charge < -0.3 is 14.5 Å². The van der Waals surface area contributed by atoms with Gasteiger partial charge in [0.25, 0.3) is 0 Å². The highest BCUT2D eigenvalue weighted by Crippen LogP contribution is 2.21. The third kappa shape index (κ3) is 4.33. The molecule has 0 saturated carbocycles. The van der Waals surface area contributed by atoms with E-state index in [4.69, 9.17) is 4.74 Å². The normalized spacial score (nSPS) is 18.7. The van der Waals surface area contributed by atoms with E-state index in [1.807, 2.05) is 6.07 Å². The van der Waals surface area contributed by atoms with Crippen molar-refractivity contribution in [3.63, 3.8) is 0 Å². The van der Waals surface area contributed by atoms with Gasteiger partial charge in [0.2, 0.25) is 0 Å². The predicted octanol–water partition coefficient (Wildman–Crippen LogP) is 1.91. The number of aromatic nitrogens is 2. The third-order valence-electron chi connectivity index (χ3n) is 5.08. The highest BCUT2D eigenvalue weighted by molar-refractivity contribution is 5.50. The second-order valence-electron chi connectivity index (χ2n) is 6.83. The molecule has 6 nitrogen and oxygen atoms in total. The van der Waals surface area contributed by atoms with Crippen molar-refractivity contribution in [3.05, 3.63) is 47.8 Å². The summed E-state index contributed by atoms with van der Waals surface area (Å²) < 4.78 is 32.3. The topological polar surface area (TPSA) is 44.7 Å². The second kappa shape index (κ2) is 8.14. The van der Waals surface area contributed by atoms with Gasteiger partial charge in [0, 0.05) is 63.5 Å². The maximum atomic E-state index is 13.9. The van der Waals surface area contributed by atoms with E-state index >= 15 is 0 Å². The van der Waals surface area contributed by atoms with E-state index < -0.39 is 11.6 Å². The number of hydrogen-bond donors (Lipinski definition) is 0. The van der Waals surface area contributed by atoms with Crippen LogP contribution in [-0.2, 0) is 11.3 Å². The van der Waals surface area contributed by atoms with Crippen LogP contribution in [0.5, 0.6) is 0 Å². The number of hydrogen-bond acceptors (Lipinski definition) is 6. The molecule has 2 aliphatic rings. The Morgan fingerprint density at radius 3 is 2.19 bits per heavy atom. The minimum Gasteiger partial charge on any atom is -0.378 e. The Kier molecular flexibility index (Phi) is 5.45. The van der Waals surface area contributed by atoms with Crippen molar-refractivity contribution < 1.29 is 13.5 Å². The maximum Gasteiger partial charge on any atom is 0.134 e. The van der Waals surface area contributed by atoms with Gasteiger partial charge in [-0.25, -0.2) is 18.7 Å². The highest BCUT2D eigenvalue weighted by Gasteiger charge is 2.21. The molecule has 1 aromatic heterocycles. The van der Waals surface area contributed by atoms with Gasteiger partial charge in [-0.15, -0.1) is 0 Å². The van der Waals surface area contributed by atoms with Crippen LogP contribution < -0.4 is 9.80 Å². The SMILES string of the molecule is Fc1ccc(CN2CCN(c3cc(N4CCOCC4)ncn3)CC2)c(F)c1. The summed E-state index contributed by atoms with van der Waals surface area (Å²) in [6, 6.07) is 5.80. The molecule has 2 aliphatic heterocycles. The van der Waals surface area contributed by atoms with Gasteiger partial charge in [0.05, 0.1) is 13.2 Å². The summed E-state index contributed by atoms with van der Waals surface area (Å²) in [7, 11) is 0. The van der Waals surface area contributed by atoms with Crippen LogP contribution in [0.1, 0.15) is 5.56 Å². The molecule has 0 N–H and O–H groups in total. The van der Waals surface area contributed by atoms with Gasteiger partial charge in [-0.1, -0.05) is 6.07 Å². The Balaban J connectivity index is 1.36. The molecule has 0 spiro atoms. The van der Waals surface area contributed by atoms with Gasteiger partial charge in [-0.05, 0) is 6.07 Å². The molecule has 0 aliphatic carbocycles. The van der Waals surface area contributed by atoms with E-state index in [-0.39, 0.29) is 0 Å². The average Bonchev–Trinajstić information content (AvgIpc) is 2.71. The van der Waals surface area contributed by atoms with Crippen LogP contribution in [0.25, 0.3) is 0 Å². The van der Waals surface area contributed by atoms with Crippen molar-refractivity contribution in [2.75, 3.05) is 62.3 Å². The number of ether oxygens (including phenoxy) is 1. The van der Waals surface area contributed by atoms with Crippen molar-refractivity contribution in [2.45, 2.75) is 6.54 Å². The summed E-state index contributed by atoms with van der Waals surface area (Å²) in [6.45, 7) is 6.83. The number of nitrogens with zero attached hydrogens (tertiary/aromatic N) is 5. The fourth-order valence-electron chi connectivity index (χ4n) is 3.50. The largest absolute Gasteiger partial charge is 0.378 e. The predicted molar refractivity (Wildman–Crippen MR) is 98.9 cm³/mol. The first-order chi connectivity index (χ1) is 13.2. The molecule has 0 radical (unpaired) electrons. The Labute approximate surface area is 157 Å². The van der Waals surface area contributed by atoms with E-state index in [2.05, 4.69) is 24.7 Å². The molecule has 8 heteroatoms. The van der Waals surface area contributed by atoms with Gasteiger partial charge in [0.1, 0.15) is 29.6 Å². The lowest BCUT2D eigenvalue weighted by Crippen LogP contribution is -2.46. The van der Waals surface area contributed by atoms with Crippen LogP contribution in [0.15, 0.2) is 30.6 Å². The lowest BCUT2D eigenvalue weighted by molar-refractivity contribution is 0.122. The van der Waals surface area contributed by atoms with E-state index in [0.717, 1.165) is 70.2 Å². The summed E-state index contributed by atoms with van der Waals surface area (Å²) in [5, 5.41) is 0. The Bertz CT molecular complexity index is 776. The average molecular weight is 375 g/mol. The van der Waals surface area contributed by atoms with Crippen LogP contribution in [0, 0.1) is 11.6 Å². The van der Waals surface area contributed by atoms with Gasteiger partial charge in [-0.2, -0.15) is 0 Å². The molecule has 2 saturated heterocycles. The summed E-state index contributed by atoms with van der Waals surface area (Å²) in [4.78, 5) is 15.4. The minimum atomic E-state index is -0.541. The number of rotatable bonds is 4. The van der Waals surface area contributed by atoms with E-state index in [0.29, 0.717) is 12.1 Å². The van der Waals surface area contributed by atoms with Crippen molar-refractivity contribution in [1.29, 1.82) is 0 Å². The molecule has 27 heavy (non-hydrogen) atoms. The van der Waals surface area contributed by atoms with Crippen LogP contribution in [0.4, 0.5) is 20.4 Å². The first kappa shape index (κ1) is 18.1. The lowest BCUT2D eigenvalue weighted by Gasteiger charge is -2.36. The number of morpholine rings is 1. The van der Waals surface area contributed by atoms with E-state index in [9.17, 15) is 8.78 Å². The molecule has 4 rings (SSSR count). The van der Waals surface area contributed by atoms with E-state index in [1.165, 1.54) is 12.1 Å². The smallest absolute Gasteiger partial charge is 0.134 e. The summed E-state index contributed by atoms with van der Waals surface area (Å²) in [5.74, 6) is 0.822. The molecular weight excluding hydrogens is 352 g/mol. The molecule has 0 bridgehead atoms. The first-order valence-electron chi connectivity index (χ1n) is 9.25. The quantitative estimate of drug-likeness (QED) is 0.814. The monoisotopic (exact) mass is 375 g/mol. The third-order valence-corrected chi connectivity index (χ3v) is 5.08. The van der Waals surface area contributed by atoms with Crippen LogP contribution >= 0.6 is 0 Å². The van der Waals surface area contributed by atoms with Crippen LogP contribution in [0.3, 0.4) is 0 Å². The highest BCUT2D eigenvalue weighted by atomic mass is 19.1. The summed E-state index contributed by atoms with van der Waals surface area (Å²) in [5.41, 5.74) is 0.529. The Morgan fingerprint density at radius 1 is 0.852 bits per heavy atom. The standard InChI is InChI=1S/C19H23F2N5O/c20-16-2-1-15(17(21)11-16)13-24-3-5-25(6-4-24)18-12-19(23-14-22-18)26-7-9-27-10-8-26/h1-2,11-12,14H,3-10,13H2. The molecule has 1 aromatic carbocycles. The molecule has 0 atom stereocenters. The van der Waals surface area contributed by atoms with Gasteiger partial charge >= 0.3 is 0 Å². The Hall–Kier alpha value is -2.32. The van der Waals surface area contributed by atoms with E-state index in [1.54, 1.807) is 6.33 Å².